The molecular weight excluding hydrogens is 152 g/mol. The zero-order valence-electron chi connectivity index (χ0n) is 7.55. The molecule has 0 amide bonds. The normalized spacial score (nSPS) is 21.2. The fraction of sp³-hybridized carbons (Fsp3) is 0.889. The number of hydrogen-bond donors (Lipinski definition) is 2. The van der Waals surface area contributed by atoms with Crippen LogP contribution in [0.25, 0.3) is 0 Å². The molecule has 0 aromatic carbocycles. The van der Waals surface area contributed by atoms with Gasteiger partial charge in [0.15, 0.2) is 0 Å². The van der Waals surface area contributed by atoms with E-state index < -0.39 is 0 Å². The van der Waals surface area contributed by atoms with E-state index in [2.05, 4.69) is 10.5 Å². The molecule has 12 heavy (non-hydrogen) atoms. The van der Waals surface area contributed by atoms with Crippen molar-refractivity contribution in [3.8, 4) is 0 Å². The van der Waals surface area contributed by atoms with E-state index in [9.17, 15) is 0 Å². The summed E-state index contributed by atoms with van der Waals surface area (Å²) >= 11 is 0. The van der Waals surface area contributed by atoms with Crippen molar-refractivity contribution in [1.29, 1.82) is 0 Å². The van der Waals surface area contributed by atoms with Crippen LogP contribution >= 0.6 is 0 Å². The predicted octanol–water partition coefficient (Wildman–Crippen LogP) is 2.11. The lowest BCUT2D eigenvalue weighted by Crippen LogP contribution is -2.19. The fourth-order valence-corrected chi connectivity index (χ4v) is 1.50. The van der Waals surface area contributed by atoms with Gasteiger partial charge in [0.1, 0.15) is 5.84 Å². The van der Waals surface area contributed by atoms with Gasteiger partial charge in [-0.2, -0.15) is 0 Å². The first-order valence-corrected chi connectivity index (χ1v) is 4.87. The highest BCUT2D eigenvalue weighted by molar-refractivity contribution is 5.80. The number of hydrogen-bond acceptors (Lipinski definition) is 3. The van der Waals surface area contributed by atoms with Gasteiger partial charge in [0.2, 0.25) is 0 Å². The highest BCUT2D eigenvalue weighted by Crippen LogP contribution is 2.09. The van der Waals surface area contributed by atoms with Crippen LogP contribution < -0.4 is 5.48 Å². The second-order valence-electron chi connectivity index (χ2n) is 3.31. The molecule has 2 N–H and O–H groups in total. The maximum Gasteiger partial charge on any atom is 0.120 e. The van der Waals surface area contributed by atoms with E-state index in [1.165, 1.54) is 25.7 Å². The molecule has 0 saturated heterocycles. The zero-order chi connectivity index (χ0) is 8.65. The summed E-state index contributed by atoms with van der Waals surface area (Å²) in [5.74, 6) is 0.761. The van der Waals surface area contributed by atoms with E-state index in [0.717, 1.165) is 31.6 Å². The van der Waals surface area contributed by atoms with Crippen molar-refractivity contribution in [3.05, 3.63) is 0 Å². The van der Waals surface area contributed by atoms with Crippen molar-refractivity contribution in [2.24, 2.45) is 4.99 Å². The van der Waals surface area contributed by atoms with Gasteiger partial charge in [-0.25, -0.2) is 0 Å². The topological polar surface area (TPSA) is 44.6 Å². The Morgan fingerprint density at radius 1 is 1.00 bits per heavy atom. The quantitative estimate of drug-likeness (QED) is 0.547. The van der Waals surface area contributed by atoms with E-state index >= 15 is 0 Å². The number of hydroxylamine groups is 1. The van der Waals surface area contributed by atoms with Gasteiger partial charge in [-0.1, -0.05) is 25.7 Å². The lowest BCUT2D eigenvalue weighted by molar-refractivity contribution is 0.230. The van der Waals surface area contributed by atoms with Crippen LogP contribution in [0.15, 0.2) is 4.99 Å². The lowest BCUT2D eigenvalue weighted by atomic mass is 10.1. The van der Waals surface area contributed by atoms with Gasteiger partial charge in [0.05, 0.1) is 0 Å². The highest BCUT2D eigenvalue weighted by atomic mass is 16.5. The van der Waals surface area contributed by atoms with E-state index in [0.29, 0.717) is 0 Å². The van der Waals surface area contributed by atoms with Gasteiger partial charge in [-0.05, 0) is 12.8 Å². The Bertz CT molecular complexity index is 145. The molecule has 0 aliphatic carbocycles. The summed E-state index contributed by atoms with van der Waals surface area (Å²) in [6.07, 6.45) is 8.42. The molecule has 1 rings (SSSR count). The zero-order valence-corrected chi connectivity index (χ0v) is 7.55. The Morgan fingerprint density at radius 3 is 2.42 bits per heavy atom. The Hall–Kier alpha value is -0.570. The molecule has 1 heterocycles. The van der Waals surface area contributed by atoms with E-state index in [1.54, 1.807) is 0 Å². The van der Waals surface area contributed by atoms with E-state index in [4.69, 9.17) is 5.21 Å². The molecule has 0 fully saturated rings. The van der Waals surface area contributed by atoms with Gasteiger partial charge in [0, 0.05) is 13.0 Å². The summed E-state index contributed by atoms with van der Waals surface area (Å²) in [5.41, 5.74) is 2.17. The summed E-state index contributed by atoms with van der Waals surface area (Å²) in [7, 11) is 0. The first kappa shape index (κ1) is 9.52. The summed E-state index contributed by atoms with van der Waals surface area (Å²) in [6.45, 7) is 0.864. The van der Waals surface area contributed by atoms with Gasteiger partial charge < -0.3 is 0 Å². The van der Waals surface area contributed by atoms with Crippen molar-refractivity contribution < 1.29 is 5.21 Å². The minimum atomic E-state index is 0.761. The molecule has 1 aliphatic heterocycles. The van der Waals surface area contributed by atoms with Gasteiger partial charge in [-0.3, -0.25) is 15.7 Å². The smallest absolute Gasteiger partial charge is 0.120 e. The van der Waals surface area contributed by atoms with Crippen molar-refractivity contribution in [2.45, 2.75) is 44.9 Å². The second kappa shape index (κ2) is 6.00. The standard InChI is InChI=1S/C9H18N2O/c12-11-9-7-5-3-1-2-4-6-8-10-9/h12H,1-8H2,(H,10,11). The van der Waals surface area contributed by atoms with Crippen LogP contribution in [0.5, 0.6) is 0 Å². The van der Waals surface area contributed by atoms with E-state index in [1.807, 2.05) is 0 Å². The van der Waals surface area contributed by atoms with Crippen LogP contribution in [0.4, 0.5) is 0 Å². The molecule has 0 aromatic heterocycles. The Balaban J connectivity index is 2.32. The van der Waals surface area contributed by atoms with Crippen LogP contribution in [0.1, 0.15) is 44.9 Å². The van der Waals surface area contributed by atoms with Crippen LogP contribution in [0.2, 0.25) is 0 Å². The SMILES string of the molecule is ONC1=NCCCCCCCC1. The lowest BCUT2D eigenvalue weighted by Gasteiger charge is -2.07. The average molecular weight is 170 g/mol. The third-order valence-electron chi connectivity index (χ3n) is 2.25. The van der Waals surface area contributed by atoms with Gasteiger partial charge >= 0.3 is 0 Å². The molecule has 0 saturated carbocycles. The minimum Gasteiger partial charge on any atom is -0.290 e. The molecule has 3 heteroatoms. The maximum absolute atomic E-state index is 8.69. The van der Waals surface area contributed by atoms with Crippen molar-refractivity contribution in [3.63, 3.8) is 0 Å². The third kappa shape index (κ3) is 3.72. The average Bonchev–Trinajstić information content (AvgIpc) is 2.14. The molecule has 70 valence electrons. The van der Waals surface area contributed by atoms with Gasteiger partial charge in [0.25, 0.3) is 0 Å². The first-order chi connectivity index (χ1) is 5.93. The molecular formula is C9H18N2O. The van der Waals surface area contributed by atoms with Gasteiger partial charge in [-0.15, -0.1) is 0 Å². The minimum absolute atomic E-state index is 0.761. The first-order valence-electron chi connectivity index (χ1n) is 4.87. The Labute approximate surface area is 73.8 Å². The third-order valence-corrected chi connectivity index (χ3v) is 2.25. The number of nitrogens with one attached hydrogen (secondary N) is 1. The molecule has 0 spiro atoms. The molecule has 0 unspecified atom stereocenters. The van der Waals surface area contributed by atoms with Crippen molar-refractivity contribution >= 4 is 5.84 Å². The summed E-state index contributed by atoms with van der Waals surface area (Å²) in [6, 6.07) is 0. The number of rotatable bonds is 0. The predicted molar refractivity (Wildman–Crippen MR) is 49.5 cm³/mol. The molecule has 3 nitrogen and oxygen atoms in total. The van der Waals surface area contributed by atoms with Crippen LogP contribution in [0.3, 0.4) is 0 Å². The van der Waals surface area contributed by atoms with Crippen LogP contribution in [-0.2, 0) is 0 Å². The Morgan fingerprint density at radius 2 is 1.67 bits per heavy atom. The molecule has 1 aliphatic rings. The van der Waals surface area contributed by atoms with Crippen LogP contribution in [-0.4, -0.2) is 17.6 Å². The molecule has 0 radical (unpaired) electrons. The summed E-state index contributed by atoms with van der Waals surface area (Å²) in [5, 5.41) is 8.69. The van der Waals surface area contributed by atoms with Crippen molar-refractivity contribution in [2.75, 3.05) is 6.54 Å². The van der Waals surface area contributed by atoms with Crippen LogP contribution in [0, 0.1) is 0 Å². The highest BCUT2D eigenvalue weighted by Gasteiger charge is 1.99. The molecule has 0 atom stereocenters. The number of aliphatic imine (C=N–C) groups is 1. The molecule has 0 aromatic rings. The monoisotopic (exact) mass is 170 g/mol. The van der Waals surface area contributed by atoms with E-state index in [-0.39, 0.29) is 0 Å². The molecule has 0 bridgehead atoms. The van der Waals surface area contributed by atoms with Crippen molar-refractivity contribution in [1.82, 2.24) is 5.48 Å². The maximum atomic E-state index is 8.69. The Kier molecular flexibility index (Phi) is 4.76. The summed E-state index contributed by atoms with van der Waals surface area (Å²) < 4.78 is 0. The second-order valence-corrected chi connectivity index (χ2v) is 3.31. The fourth-order valence-electron chi connectivity index (χ4n) is 1.50. The number of amidine groups is 1. The largest absolute Gasteiger partial charge is 0.290 e. The number of nitrogens with zero attached hydrogens (tertiary/aromatic N) is 1. The summed E-state index contributed by atoms with van der Waals surface area (Å²) in [4.78, 5) is 4.26.